The van der Waals surface area contributed by atoms with E-state index in [9.17, 15) is 0 Å². The fraction of sp³-hybridized carbons (Fsp3) is 0.600. The third-order valence-electron chi connectivity index (χ3n) is 2.93. The van der Waals surface area contributed by atoms with Gasteiger partial charge in [0.2, 0.25) is 0 Å². The van der Waals surface area contributed by atoms with E-state index >= 15 is 0 Å². The van der Waals surface area contributed by atoms with Crippen molar-refractivity contribution in [1.29, 1.82) is 0 Å². The van der Waals surface area contributed by atoms with E-state index in [0.717, 1.165) is 0 Å². The van der Waals surface area contributed by atoms with Crippen LogP contribution in [-0.2, 0) is 0 Å². The molecular weight excluding hydrogens is 176 g/mol. The van der Waals surface area contributed by atoms with Crippen molar-refractivity contribution in [1.82, 2.24) is 9.55 Å². The molecule has 1 aromatic heterocycles. The smallest absolute Gasteiger partial charge is 0.0946 e. The minimum Gasteiger partial charge on any atom is -0.336 e. The van der Waals surface area contributed by atoms with Gasteiger partial charge >= 0.3 is 0 Å². The van der Waals surface area contributed by atoms with E-state index in [1.54, 1.807) is 0 Å². The maximum absolute atomic E-state index is 4.04. The summed E-state index contributed by atoms with van der Waals surface area (Å²) in [6, 6.07) is 0. The molecule has 0 unspecified atom stereocenters. The van der Waals surface area contributed by atoms with Crippen LogP contribution in [0.5, 0.6) is 0 Å². The van der Waals surface area contributed by atoms with Gasteiger partial charge in [0.05, 0.1) is 14.4 Å². The van der Waals surface area contributed by atoms with Crippen molar-refractivity contribution in [2.45, 2.75) is 38.9 Å². The van der Waals surface area contributed by atoms with Crippen LogP contribution in [0.4, 0.5) is 0 Å². The molecule has 0 aromatic carbocycles. The first kappa shape index (κ1) is 10.5. The molecule has 0 bridgehead atoms. The Balaban J connectivity index is 2.73. The zero-order valence-corrected chi connectivity index (χ0v) is 10.2. The summed E-state index contributed by atoms with van der Waals surface area (Å²) < 4.78 is 2.08. The monoisotopic (exact) mass is 195 g/mol. The number of aromatic nitrogens is 2. The molecule has 0 fully saturated rings. The first-order valence-corrected chi connectivity index (χ1v) is 7.74. The lowest BCUT2D eigenvalue weighted by molar-refractivity contribution is 0.716. The van der Waals surface area contributed by atoms with E-state index in [2.05, 4.69) is 49.6 Å². The maximum atomic E-state index is 4.04. The minimum atomic E-state index is -1.31. The van der Waals surface area contributed by atoms with Crippen LogP contribution < -0.4 is 0 Å². The number of rotatable bonds is 2. The van der Waals surface area contributed by atoms with Crippen LogP contribution in [-0.4, -0.2) is 17.6 Å². The lowest BCUT2D eigenvalue weighted by atomic mass is 10.2. The van der Waals surface area contributed by atoms with Crippen molar-refractivity contribution in [2.24, 2.45) is 0 Å². The van der Waals surface area contributed by atoms with Crippen molar-refractivity contribution >= 4 is 8.07 Å². The summed E-state index contributed by atoms with van der Waals surface area (Å²) in [5.74, 6) is 0. The minimum absolute atomic E-state index is 0.400. The van der Waals surface area contributed by atoms with Crippen molar-refractivity contribution in [3.05, 3.63) is 24.9 Å². The Hall–Kier alpha value is -0.573. The fourth-order valence-electron chi connectivity index (χ4n) is 0.912. The summed E-state index contributed by atoms with van der Waals surface area (Å²) >= 11 is 0. The number of hydrogen-bond donors (Lipinski definition) is 0. The van der Waals surface area contributed by atoms with Crippen LogP contribution in [0.3, 0.4) is 0 Å². The standard InChI is InChI=1S/C10H19N2Si/c1-10(2,3)13(4,5)9-12-7-6-11-8-12/h6-9H,1-5H3. The van der Waals surface area contributed by atoms with E-state index < -0.39 is 8.07 Å². The average Bonchev–Trinajstić information content (AvgIpc) is 2.35. The summed E-state index contributed by atoms with van der Waals surface area (Å²) in [6.45, 7) is 11.7. The van der Waals surface area contributed by atoms with Gasteiger partial charge in [-0.05, 0) is 5.04 Å². The number of imidazole rings is 1. The highest BCUT2D eigenvalue weighted by atomic mass is 28.3. The Kier molecular flexibility index (Phi) is 2.66. The molecule has 0 spiro atoms. The van der Waals surface area contributed by atoms with Crippen molar-refractivity contribution in [3.8, 4) is 0 Å². The van der Waals surface area contributed by atoms with E-state index in [0.29, 0.717) is 5.04 Å². The molecular formula is C10H19N2Si. The fourth-order valence-corrected chi connectivity index (χ4v) is 2.20. The molecule has 0 aliphatic rings. The zero-order chi connectivity index (χ0) is 10.1. The Morgan fingerprint density at radius 1 is 1.31 bits per heavy atom. The lowest BCUT2D eigenvalue weighted by Gasteiger charge is -2.36. The summed E-state index contributed by atoms with van der Waals surface area (Å²) in [5, 5.41) is 0.400. The van der Waals surface area contributed by atoms with Gasteiger partial charge in [-0.25, -0.2) is 4.98 Å². The van der Waals surface area contributed by atoms with Crippen LogP contribution in [0.2, 0.25) is 18.1 Å². The van der Waals surface area contributed by atoms with Crippen LogP contribution in [0, 0.1) is 6.17 Å². The van der Waals surface area contributed by atoms with Crippen molar-refractivity contribution in [2.75, 3.05) is 0 Å². The molecule has 0 N–H and O–H groups in total. The third kappa shape index (κ3) is 2.43. The average molecular weight is 195 g/mol. The van der Waals surface area contributed by atoms with E-state index in [1.807, 2.05) is 18.7 Å². The predicted octanol–water partition coefficient (Wildman–Crippen LogP) is 2.94. The van der Waals surface area contributed by atoms with Crippen molar-refractivity contribution in [3.63, 3.8) is 0 Å². The van der Waals surface area contributed by atoms with Crippen LogP contribution in [0.25, 0.3) is 0 Å². The quantitative estimate of drug-likeness (QED) is 0.663. The molecule has 1 radical (unpaired) electrons. The molecule has 3 heteroatoms. The Morgan fingerprint density at radius 3 is 2.31 bits per heavy atom. The molecule has 0 saturated heterocycles. The topological polar surface area (TPSA) is 17.8 Å². The van der Waals surface area contributed by atoms with Gasteiger partial charge in [0.25, 0.3) is 0 Å². The van der Waals surface area contributed by atoms with Gasteiger partial charge < -0.3 is 4.57 Å². The Morgan fingerprint density at radius 2 is 1.92 bits per heavy atom. The summed E-state index contributed by atoms with van der Waals surface area (Å²) in [4.78, 5) is 4.04. The molecule has 0 amide bonds. The molecule has 0 atom stereocenters. The molecule has 0 aliphatic heterocycles. The van der Waals surface area contributed by atoms with Gasteiger partial charge in [0.1, 0.15) is 0 Å². The van der Waals surface area contributed by atoms with E-state index in [4.69, 9.17) is 0 Å². The van der Waals surface area contributed by atoms with Gasteiger partial charge in [0.15, 0.2) is 0 Å². The van der Waals surface area contributed by atoms with Crippen LogP contribution in [0.1, 0.15) is 20.8 Å². The molecule has 73 valence electrons. The van der Waals surface area contributed by atoms with Crippen molar-refractivity contribution < 1.29 is 0 Å². The van der Waals surface area contributed by atoms with Crippen LogP contribution >= 0.6 is 0 Å². The van der Waals surface area contributed by atoms with E-state index in [1.165, 1.54) is 0 Å². The molecule has 0 saturated carbocycles. The predicted molar refractivity (Wildman–Crippen MR) is 59.1 cm³/mol. The van der Waals surface area contributed by atoms with Gasteiger partial charge in [-0.15, -0.1) is 0 Å². The highest BCUT2D eigenvalue weighted by Gasteiger charge is 2.35. The summed E-state index contributed by atoms with van der Waals surface area (Å²) in [7, 11) is -1.31. The Labute approximate surface area is 82.0 Å². The third-order valence-corrected chi connectivity index (χ3v) is 7.74. The lowest BCUT2D eigenvalue weighted by Crippen LogP contribution is -2.40. The first-order valence-electron chi connectivity index (χ1n) is 4.66. The van der Waals surface area contributed by atoms with Crippen LogP contribution in [0.15, 0.2) is 18.7 Å². The Bertz CT molecular complexity index is 257. The molecule has 0 aliphatic carbocycles. The maximum Gasteiger partial charge on any atom is 0.0946 e. The second kappa shape index (κ2) is 3.29. The molecule has 2 nitrogen and oxygen atoms in total. The van der Waals surface area contributed by atoms with Gasteiger partial charge in [0, 0.05) is 18.6 Å². The number of nitrogens with zero attached hydrogens (tertiary/aromatic N) is 2. The molecule has 1 rings (SSSR count). The normalized spacial score (nSPS) is 13.3. The molecule has 1 heterocycles. The van der Waals surface area contributed by atoms with Gasteiger partial charge in [-0.1, -0.05) is 33.9 Å². The summed E-state index contributed by atoms with van der Waals surface area (Å²) in [6.07, 6.45) is 8.03. The highest BCUT2D eigenvalue weighted by molar-refractivity contribution is 6.83. The van der Waals surface area contributed by atoms with E-state index in [-0.39, 0.29) is 0 Å². The second-order valence-corrected chi connectivity index (χ2v) is 10.3. The highest BCUT2D eigenvalue weighted by Crippen LogP contribution is 2.37. The van der Waals surface area contributed by atoms with Gasteiger partial charge in [-0.2, -0.15) is 0 Å². The largest absolute Gasteiger partial charge is 0.336 e. The molecule has 13 heavy (non-hydrogen) atoms. The first-order chi connectivity index (χ1) is 5.83. The van der Waals surface area contributed by atoms with Gasteiger partial charge in [-0.3, -0.25) is 0 Å². The zero-order valence-electron chi connectivity index (χ0n) is 9.20. The number of hydrogen-bond acceptors (Lipinski definition) is 1. The second-order valence-electron chi connectivity index (χ2n) is 5.11. The summed E-state index contributed by atoms with van der Waals surface area (Å²) in [5.41, 5.74) is 0. The SMILES string of the molecule is CC(C)(C)[Si](C)(C)[CH]n1ccnc1. The molecule has 1 aromatic rings.